The lowest BCUT2D eigenvalue weighted by atomic mass is 10.0. The van der Waals surface area contributed by atoms with E-state index in [4.69, 9.17) is 0 Å². The first-order valence-corrected chi connectivity index (χ1v) is 15.5. The number of amides is 2. The lowest BCUT2D eigenvalue weighted by molar-refractivity contribution is -0.140. The summed E-state index contributed by atoms with van der Waals surface area (Å²) in [7, 11) is -4.29. The number of hydrogen-bond acceptors (Lipinski definition) is 4. The van der Waals surface area contributed by atoms with Gasteiger partial charge in [-0.15, -0.1) is 0 Å². The molecule has 0 aliphatic rings. The van der Waals surface area contributed by atoms with Gasteiger partial charge in [-0.3, -0.25) is 13.9 Å². The van der Waals surface area contributed by atoms with Crippen LogP contribution in [0.4, 0.5) is 10.1 Å². The van der Waals surface area contributed by atoms with E-state index in [2.05, 4.69) is 5.32 Å². The summed E-state index contributed by atoms with van der Waals surface area (Å²) in [5.41, 5.74) is 3.88. The fourth-order valence-corrected chi connectivity index (χ4v) is 6.12. The van der Waals surface area contributed by atoms with Crippen LogP contribution in [0.5, 0.6) is 0 Å². The molecule has 0 heterocycles. The lowest BCUT2D eigenvalue weighted by Gasteiger charge is -2.34. The molecule has 0 radical (unpaired) electrons. The molecule has 4 aromatic rings. The second-order valence-corrected chi connectivity index (χ2v) is 12.3. The molecule has 0 fully saturated rings. The number of carbonyl (C=O) groups is 2. The number of anilines is 1. The highest BCUT2D eigenvalue weighted by Gasteiger charge is 2.34. The fourth-order valence-electron chi connectivity index (χ4n) is 4.71. The molecule has 224 valence electrons. The zero-order valence-corrected chi connectivity index (χ0v) is 25.4. The Hall–Kier alpha value is -4.50. The summed E-state index contributed by atoms with van der Waals surface area (Å²) in [6.45, 7) is 5.52. The number of aryl methyl sites for hydroxylation is 2. The largest absolute Gasteiger partial charge is 0.355 e. The molecule has 4 aromatic carbocycles. The van der Waals surface area contributed by atoms with Crippen LogP contribution in [0.25, 0.3) is 0 Å². The maximum atomic E-state index is 14.3. The SMILES string of the molecule is CCNC(=O)[C@@H](Cc1ccccc1)N(Cc1ccc(C)cc1)C(=O)CN(c1ccc(C)cc1)S(=O)(=O)c1ccc(F)cc1. The van der Waals surface area contributed by atoms with Crippen LogP contribution in [-0.2, 0) is 32.6 Å². The molecule has 0 saturated carbocycles. The van der Waals surface area contributed by atoms with Crippen molar-refractivity contribution < 1.29 is 22.4 Å². The molecule has 0 unspecified atom stereocenters. The second-order valence-electron chi connectivity index (χ2n) is 10.4. The van der Waals surface area contributed by atoms with E-state index in [0.717, 1.165) is 38.7 Å². The minimum Gasteiger partial charge on any atom is -0.355 e. The molecule has 0 spiro atoms. The number of nitrogens with zero attached hydrogens (tertiary/aromatic N) is 2. The maximum Gasteiger partial charge on any atom is 0.264 e. The van der Waals surface area contributed by atoms with Crippen molar-refractivity contribution in [3.63, 3.8) is 0 Å². The molecule has 0 aliphatic heterocycles. The van der Waals surface area contributed by atoms with Gasteiger partial charge in [0.15, 0.2) is 0 Å². The van der Waals surface area contributed by atoms with Crippen molar-refractivity contribution >= 4 is 27.5 Å². The molecule has 2 amide bonds. The van der Waals surface area contributed by atoms with E-state index in [0.29, 0.717) is 6.54 Å². The molecule has 0 bridgehead atoms. The van der Waals surface area contributed by atoms with Gasteiger partial charge in [-0.1, -0.05) is 77.9 Å². The van der Waals surface area contributed by atoms with Crippen molar-refractivity contribution in [2.75, 3.05) is 17.4 Å². The molecule has 0 aromatic heterocycles. The number of likely N-dealkylation sites (N-methyl/N-ethyl adjacent to an activating group) is 1. The Kier molecular flexibility index (Phi) is 10.3. The standard InChI is InChI=1S/C34H36FN3O4S/c1-4-36-34(40)32(22-27-8-6-5-7-9-27)37(23-28-14-10-25(2)11-15-28)33(39)24-38(30-18-12-26(3)13-19-30)43(41,42)31-20-16-29(35)17-21-31/h5-21,32H,4,22-24H2,1-3H3,(H,36,40)/t32-/m1/s1. The van der Waals surface area contributed by atoms with E-state index in [9.17, 15) is 22.4 Å². The number of carbonyl (C=O) groups excluding carboxylic acids is 2. The summed E-state index contributed by atoms with van der Waals surface area (Å²) in [5, 5.41) is 2.85. The Bertz CT molecular complexity index is 1630. The topological polar surface area (TPSA) is 86.8 Å². The van der Waals surface area contributed by atoms with Gasteiger partial charge in [0.05, 0.1) is 10.6 Å². The minimum absolute atomic E-state index is 0.0894. The summed E-state index contributed by atoms with van der Waals surface area (Å²) in [5.74, 6) is -1.47. The Morgan fingerprint density at radius 3 is 1.95 bits per heavy atom. The van der Waals surface area contributed by atoms with Gasteiger partial charge in [0.2, 0.25) is 11.8 Å². The predicted molar refractivity (Wildman–Crippen MR) is 166 cm³/mol. The number of rotatable bonds is 12. The summed E-state index contributed by atoms with van der Waals surface area (Å²) in [4.78, 5) is 29.1. The monoisotopic (exact) mass is 601 g/mol. The highest BCUT2D eigenvalue weighted by Crippen LogP contribution is 2.26. The predicted octanol–water partition coefficient (Wildman–Crippen LogP) is 5.41. The van der Waals surface area contributed by atoms with Crippen LogP contribution < -0.4 is 9.62 Å². The van der Waals surface area contributed by atoms with Gasteiger partial charge in [0, 0.05) is 19.5 Å². The number of hydrogen-bond donors (Lipinski definition) is 1. The van der Waals surface area contributed by atoms with Crippen LogP contribution >= 0.6 is 0 Å². The van der Waals surface area contributed by atoms with Crippen LogP contribution in [0.15, 0.2) is 108 Å². The first kappa shape index (κ1) is 31.4. The average molecular weight is 602 g/mol. The Labute approximate surface area is 253 Å². The van der Waals surface area contributed by atoms with Gasteiger partial charge in [-0.2, -0.15) is 0 Å². The van der Waals surface area contributed by atoms with Gasteiger partial charge < -0.3 is 10.2 Å². The second kappa shape index (κ2) is 14.1. The lowest BCUT2D eigenvalue weighted by Crippen LogP contribution is -2.53. The summed E-state index contributed by atoms with van der Waals surface area (Å²) >= 11 is 0. The quantitative estimate of drug-likeness (QED) is 0.235. The first-order chi connectivity index (χ1) is 20.6. The van der Waals surface area contributed by atoms with E-state index in [1.165, 1.54) is 17.0 Å². The van der Waals surface area contributed by atoms with Crippen molar-refractivity contribution in [3.05, 3.63) is 131 Å². The van der Waals surface area contributed by atoms with Gasteiger partial charge in [0.1, 0.15) is 18.4 Å². The Morgan fingerprint density at radius 2 is 1.37 bits per heavy atom. The van der Waals surface area contributed by atoms with E-state index in [-0.39, 0.29) is 29.5 Å². The van der Waals surface area contributed by atoms with Crippen molar-refractivity contribution in [3.8, 4) is 0 Å². The molecule has 1 atom stereocenters. The maximum absolute atomic E-state index is 14.3. The molecule has 1 N–H and O–H groups in total. The van der Waals surface area contributed by atoms with Crippen LogP contribution in [0.2, 0.25) is 0 Å². The van der Waals surface area contributed by atoms with Crippen LogP contribution in [0.3, 0.4) is 0 Å². The van der Waals surface area contributed by atoms with E-state index in [1.807, 2.05) is 68.4 Å². The van der Waals surface area contributed by atoms with Crippen molar-refractivity contribution in [1.29, 1.82) is 0 Å². The normalized spacial score (nSPS) is 11.9. The van der Waals surface area contributed by atoms with Gasteiger partial charge >= 0.3 is 0 Å². The number of nitrogens with one attached hydrogen (secondary N) is 1. The molecule has 4 rings (SSSR count). The average Bonchev–Trinajstić information content (AvgIpc) is 3.00. The third-order valence-corrected chi connectivity index (χ3v) is 8.89. The smallest absolute Gasteiger partial charge is 0.264 e. The Morgan fingerprint density at radius 1 is 0.791 bits per heavy atom. The number of halogens is 1. The molecular weight excluding hydrogens is 565 g/mol. The van der Waals surface area contributed by atoms with Crippen molar-refractivity contribution in [2.24, 2.45) is 0 Å². The minimum atomic E-state index is -4.29. The number of benzene rings is 4. The summed E-state index contributed by atoms with van der Waals surface area (Å²) in [6.07, 6.45) is 0.236. The molecular formula is C34H36FN3O4S. The molecule has 0 saturated heterocycles. The highest BCUT2D eigenvalue weighted by atomic mass is 32.2. The van der Waals surface area contributed by atoms with Crippen LogP contribution in [0.1, 0.15) is 29.2 Å². The molecule has 9 heteroatoms. The summed E-state index contributed by atoms with van der Waals surface area (Å²) < 4.78 is 42.6. The highest BCUT2D eigenvalue weighted by molar-refractivity contribution is 7.92. The van der Waals surface area contributed by atoms with Gasteiger partial charge in [-0.25, -0.2) is 12.8 Å². The van der Waals surface area contributed by atoms with Crippen molar-refractivity contribution in [2.45, 2.75) is 44.7 Å². The van der Waals surface area contributed by atoms with Crippen LogP contribution in [-0.4, -0.2) is 44.3 Å². The third-order valence-electron chi connectivity index (χ3n) is 7.10. The molecule has 43 heavy (non-hydrogen) atoms. The fraction of sp³-hybridized carbons (Fsp3) is 0.235. The number of sulfonamides is 1. The molecule has 0 aliphatic carbocycles. The Balaban J connectivity index is 1.78. The van der Waals surface area contributed by atoms with E-state index >= 15 is 0 Å². The third kappa shape index (κ3) is 8.08. The van der Waals surface area contributed by atoms with Crippen LogP contribution in [0, 0.1) is 19.7 Å². The zero-order chi connectivity index (χ0) is 31.0. The van der Waals surface area contributed by atoms with Crippen molar-refractivity contribution in [1.82, 2.24) is 10.2 Å². The first-order valence-electron chi connectivity index (χ1n) is 14.1. The zero-order valence-electron chi connectivity index (χ0n) is 24.5. The van der Waals surface area contributed by atoms with Gasteiger partial charge in [0.25, 0.3) is 10.0 Å². The summed E-state index contributed by atoms with van der Waals surface area (Å²) in [6, 6.07) is 27.3. The van der Waals surface area contributed by atoms with E-state index < -0.39 is 34.3 Å². The molecule has 7 nitrogen and oxygen atoms in total. The van der Waals surface area contributed by atoms with Gasteiger partial charge in [-0.05, 0) is 68.3 Å². The van der Waals surface area contributed by atoms with E-state index in [1.54, 1.807) is 31.2 Å².